The highest BCUT2D eigenvalue weighted by Crippen LogP contribution is 2.57. The second-order valence-electron chi connectivity index (χ2n) is 8.71. The zero-order chi connectivity index (χ0) is 23.8. The molecule has 33 heavy (non-hydrogen) atoms. The molecule has 0 bridgehead atoms. The lowest BCUT2D eigenvalue weighted by atomic mass is 9.68. The summed E-state index contributed by atoms with van der Waals surface area (Å²) in [5.74, 6) is -2.97. The molecule has 2 aromatic rings. The van der Waals surface area contributed by atoms with Crippen LogP contribution in [0.15, 0.2) is 41.3 Å². The molecule has 1 N–H and O–H groups in total. The molecule has 3 atom stereocenters. The first-order valence-electron chi connectivity index (χ1n) is 11.0. The van der Waals surface area contributed by atoms with Crippen molar-refractivity contribution in [1.82, 2.24) is 5.32 Å². The van der Waals surface area contributed by atoms with Crippen LogP contribution in [0.3, 0.4) is 0 Å². The predicted molar refractivity (Wildman–Crippen MR) is 116 cm³/mol. The van der Waals surface area contributed by atoms with E-state index in [1.165, 1.54) is 24.3 Å². The Morgan fingerprint density at radius 3 is 2.52 bits per heavy atom. The molecule has 0 spiro atoms. The second-order valence-corrected chi connectivity index (χ2v) is 10.9. The van der Waals surface area contributed by atoms with E-state index in [9.17, 15) is 22.0 Å². The van der Waals surface area contributed by atoms with Crippen LogP contribution in [0.4, 0.5) is 13.2 Å². The average Bonchev–Trinajstić information content (AvgIpc) is 2.81. The third-order valence-electron chi connectivity index (χ3n) is 6.83. The zero-order valence-corrected chi connectivity index (χ0v) is 19.1. The van der Waals surface area contributed by atoms with Crippen molar-refractivity contribution in [2.45, 2.75) is 48.9 Å². The number of hydrogen-bond acceptors (Lipinski definition) is 4. The molecule has 4 rings (SSSR count). The number of sulfone groups is 1. The minimum atomic E-state index is -4.23. The molecule has 1 saturated carbocycles. The van der Waals surface area contributed by atoms with Gasteiger partial charge >= 0.3 is 0 Å². The van der Waals surface area contributed by atoms with E-state index in [4.69, 9.17) is 4.74 Å². The molecule has 1 aliphatic carbocycles. The van der Waals surface area contributed by atoms with E-state index >= 15 is 4.39 Å². The molecule has 0 unspecified atom stereocenters. The first-order chi connectivity index (χ1) is 15.7. The lowest BCUT2D eigenvalue weighted by Crippen LogP contribution is -2.52. The summed E-state index contributed by atoms with van der Waals surface area (Å²) in [6.07, 6.45) is 0.912. The maximum Gasteiger partial charge on any atom is 0.220 e. The number of amides is 1. The lowest BCUT2D eigenvalue weighted by Gasteiger charge is -2.49. The first-order valence-corrected chi connectivity index (χ1v) is 12.5. The quantitative estimate of drug-likeness (QED) is 0.662. The van der Waals surface area contributed by atoms with E-state index < -0.39 is 38.8 Å². The van der Waals surface area contributed by atoms with Crippen LogP contribution in [0.1, 0.15) is 43.7 Å². The second kappa shape index (κ2) is 9.00. The van der Waals surface area contributed by atoms with Gasteiger partial charge in [-0.25, -0.2) is 21.6 Å². The minimum Gasteiger partial charge on any atom is -0.490 e. The highest BCUT2D eigenvalue weighted by molar-refractivity contribution is 7.92. The van der Waals surface area contributed by atoms with Crippen molar-refractivity contribution in [1.29, 1.82) is 0 Å². The van der Waals surface area contributed by atoms with Gasteiger partial charge in [0.1, 0.15) is 17.2 Å². The van der Waals surface area contributed by atoms with Crippen LogP contribution in [0.5, 0.6) is 5.75 Å². The third-order valence-corrected chi connectivity index (χ3v) is 9.42. The van der Waals surface area contributed by atoms with Crippen molar-refractivity contribution in [2.75, 3.05) is 13.2 Å². The zero-order valence-electron chi connectivity index (χ0n) is 18.2. The van der Waals surface area contributed by atoms with Gasteiger partial charge in [-0.3, -0.25) is 4.79 Å². The monoisotopic (exact) mass is 481 g/mol. The standard InChI is InChI=1S/C24H26F3NO4S/c1-2-28-21(29)12-16-9-10-24(33(30,31)18-5-3-15(13-25)4-6-18)17(11-16)14-32-23-20(27)8-7-19(26)22(23)24/h3-8,16-17H,2,9-14H2,1H3,(H,28,29)/t16-,17-,24+/m1/s1. The Labute approximate surface area is 191 Å². The van der Waals surface area contributed by atoms with Crippen molar-refractivity contribution in [2.24, 2.45) is 11.8 Å². The van der Waals surface area contributed by atoms with Crippen molar-refractivity contribution < 1.29 is 31.1 Å². The summed E-state index contributed by atoms with van der Waals surface area (Å²) in [5.41, 5.74) is 0.0306. The van der Waals surface area contributed by atoms with Gasteiger partial charge in [0, 0.05) is 18.9 Å². The Bertz CT molecular complexity index is 1150. The molecular formula is C24H26F3NO4S. The largest absolute Gasteiger partial charge is 0.490 e. The predicted octanol–water partition coefficient (Wildman–Crippen LogP) is 4.44. The number of rotatable bonds is 6. The van der Waals surface area contributed by atoms with E-state index in [0.29, 0.717) is 24.9 Å². The van der Waals surface area contributed by atoms with E-state index in [2.05, 4.69) is 5.32 Å². The van der Waals surface area contributed by atoms with Gasteiger partial charge in [0.25, 0.3) is 0 Å². The fraction of sp³-hybridized carbons (Fsp3) is 0.458. The summed E-state index contributed by atoms with van der Waals surface area (Å²) in [6, 6.07) is 7.21. The lowest BCUT2D eigenvalue weighted by molar-refractivity contribution is -0.122. The van der Waals surface area contributed by atoms with E-state index in [0.717, 1.165) is 12.1 Å². The Hall–Kier alpha value is -2.55. The smallest absolute Gasteiger partial charge is 0.220 e. The van der Waals surface area contributed by atoms with Gasteiger partial charge < -0.3 is 10.1 Å². The summed E-state index contributed by atoms with van der Waals surface area (Å²) < 4.78 is 74.8. The van der Waals surface area contributed by atoms with Gasteiger partial charge in [0.15, 0.2) is 21.4 Å². The van der Waals surface area contributed by atoms with Crippen molar-refractivity contribution in [3.63, 3.8) is 0 Å². The molecule has 1 heterocycles. The number of alkyl halides is 1. The maximum atomic E-state index is 15.2. The van der Waals surface area contributed by atoms with Crippen molar-refractivity contribution in [3.05, 3.63) is 59.2 Å². The van der Waals surface area contributed by atoms with E-state index in [1.54, 1.807) is 0 Å². The number of fused-ring (bicyclic) bond motifs is 3. The number of ether oxygens (including phenoxy) is 1. The Morgan fingerprint density at radius 2 is 1.85 bits per heavy atom. The topological polar surface area (TPSA) is 72.5 Å². The molecule has 0 saturated heterocycles. The molecule has 2 aromatic carbocycles. The third kappa shape index (κ3) is 3.90. The van der Waals surface area contributed by atoms with Gasteiger partial charge in [-0.15, -0.1) is 0 Å². The molecule has 5 nitrogen and oxygen atoms in total. The molecular weight excluding hydrogens is 455 g/mol. The Kier molecular flexibility index (Phi) is 6.44. The molecule has 1 aliphatic heterocycles. The highest BCUT2D eigenvalue weighted by atomic mass is 32.2. The summed E-state index contributed by atoms with van der Waals surface area (Å²) >= 11 is 0. The number of nitrogens with one attached hydrogen (secondary N) is 1. The number of carbonyl (C=O) groups excluding carboxylic acids is 1. The van der Waals surface area contributed by atoms with Crippen molar-refractivity contribution >= 4 is 15.7 Å². The molecule has 0 radical (unpaired) electrons. The first kappa shape index (κ1) is 23.6. The number of halogens is 3. The molecule has 2 aliphatic rings. The number of benzene rings is 2. The van der Waals surface area contributed by atoms with Crippen molar-refractivity contribution in [3.8, 4) is 5.75 Å². The maximum absolute atomic E-state index is 15.2. The van der Waals surface area contributed by atoms with Gasteiger partial charge in [-0.05, 0) is 61.9 Å². The van der Waals surface area contributed by atoms with Crippen LogP contribution in [0.25, 0.3) is 0 Å². The molecule has 9 heteroatoms. The van der Waals surface area contributed by atoms with Gasteiger partial charge in [-0.2, -0.15) is 0 Å². The van der Waals surface area contributed by atoms with Crippen LogP contribution >= 0.6 is 0 Å². The summed E-state index contributed by atoms with van der Waals surface area (Å²) in [5, 5.41) is 2.74. The van der Waals surface area contributed by atoms with Crippen LogP contribution in [-0.4, -0.2) is 27.5 Å². The molecule has 0 aromatic heterocycles. The fourth-order valence-electron chi connectivity index (χ4n) is 5.29. The Balaban J connectivity index is 1.83. The number of hydrogen-bond donors (Lipinski definition) is 1. The van der Waals surface area contributed by atoms with Gasteiger partial charge in [0.05, 0.1) is 17.1 Å². The average molecular weight is 482 g/mol. The van der Waals surface area contributed by atoms with Gasteiger partial charge in [-0.1, -0.05) is 12.1 Å². The SMILES string of the molecule is CCNC(=O)C[C@@H]1CC[C@@]2(S(=O)(=O)c3ccc(CF)cc3)c3c(F)ccc(F)c3OC[C@H]2C1. The molecule has 1 amide bonds. The molecule has 1 fully saturated rings. The van der Waals surface area contributed by atoms with Crippen LogP contribution < -0.4 is 10.1 Å². The number of carbonyl (C=O) groups is 1. The van der Waals surface area contributed by atoms with E-state index in [1.807, 2.05) is 6.92 Å². The fourth-order valence-corrected chi connectivity index (χ4v) is 7.65. The normalized spacial score (nSPS) is 24.4. The van der Waals surface area contributed by atoms with Crippen LogP contribution in [0.2, 0.25) is 0 Å². The van der Waals surface area contributed by atoms with Crippen LogP contribution in [-0.2, 0) is 26.1 Å². The minimum absolute atomic E-state index is 0.0195. The Morgan fingerprint density at radius 1 is 1.15 bits per heavy atom. The van der Waals surface area contributed by atoms with Crippen LogP contribution in [0, 0.1) is 23.5 Å². The summed E-state index contributed by atoms with van der Waals surface area (Å²) in [4.78, 5) is 12.0. The van der Waals surface area contributed by atoms with Gasteiger partial charge in [0.2, 0.25) is 5.91 Å². The van der Waals surface area contributed by atoms with E-state index in [-0.39, 0.29) is 47.5 Å². The molecule has 178 valence electrons. The summed E-state index contributed by atoms with van der Waals surface area (Å²) in [6.45, 7) is 1.45. The summed E-state index contributed by atoms with van der Waals surface area (Å²) in [7, 11) is -4.23. The highest BCUT2D eigenvalue weighted by Gasteiger charge is 2.59.